The number of hydrogen-bond donors (Lipinski definition) is 1. The highest BCUT2D eigenvalue weighted by Gasteiger charge is 2.33. The zero-order valence-electron chi connectivity index (χ0n) is 23.0. The lowest BCUT2D eigenvalue weighted by Crippen LogP contribution is -2.25. The van der Waals surface area contributed by atoms with Crippen LogP contribution in [0.25, 0.3) is 16.6 Å². The zero-order chi connectivity index (χ0) is 27.9. The number of carbonyl (C=O) groups excluding carboxylic acids is 1. The van der Waals surface area contributed by atoms with Crippen molar-refractivity contribution in [1.29, 1.82) is 0 Å². The maximum atomic E-state index is 13.4. The molecule has 1 N–H and O–H groups in total. The SMILES string of the molecule is CCc1nn(Cc2cccc(C)n2)c2cccc(NC(=O)c3cnc4cc(OCC5COC(C)(C)O5)ccn34)c12. The summed E-state index contributed by atoms with van der Waals surface area (Å²) < 4.78 is 21.0. The van der Waals surface area contributed by atoms with E-state index in [1.165, 1.54) is 0 Å². The maximum Gasteiger partial charge on any atom is 0.274 e. The van der Waals surface area contributed by atoms with Gasteiger partial charge in [0.05, 0.1) is 41.9 Å². The first-order valence-corrected chi connectivity index (χ1v) is 13.4. The van der Waals surface area contributed by atoms with Crippen molar-refractivity contribution >= 4 is 28.1 Å². The van der Waals surface area contributed by atoms with E-state index in [2.05, 4.69) is 22.2 Å². The lowest BCUT2D eigenvalue weighted by molar-refractivity contribution is -0.141. The molecule has 0 spiro atoms. The average molecular weight is 541 g/mol. The van der Waals surface area contributed by atoms with E-state index in [4.69, 9.17) is 19.3 Å². The third-order valence-electron chi connectivity index (χ3n) is 6.91. The molecule has 1 aromatic carbocycles. The first-order valence-electron chi connectivity index (χ1n) is 13.4. The number of rotatable bonds is 8. The number of nitrogens with zero attached hydrogens (tertiary/aromatic N) is 5. The minimum atomic E-state index is -0.595. The number of carbonyl (C=O) groups is 1. The van der Waals surface area contributed by atoms with Gasteiger partial charge in [0.25, 0.3) is 5.91 Å². The molecule has 0 radical (unpaired) electrons. The lowest BCUT2D eigenvalue weighted by Gasteiger charge is -2.17. The van der Waals surface area contributed by atoms with E-state index in [1.54, 1.807) is 22.9 Å². The van der Waals surface area contributed by atoms with Gasteiger partial charge < -0.3 is 19.5 Å². The summed E-state index contributed by atoms with van der Waals surface area (Å²) >= 11 is 0. The molecule has 5 heterocycles. The molecular formula is C30H32N6O4. The zero-order valence-corrected chi connectivity index (χ0v) is 23.0. The van der Waals surface area contributed by atoms with Crippen molar-refractivity contribution in [2.75, 3.05) is 18.5 Å². The summed E-state index contributed by atoms with van der Waals surface area (Å²) in [5, 5.41) is 8.88. The van der Waals surface area contributed by atoms with Crippen LogP contribution in [-0.4, -0.2) is 55.2 Å². The van der Waals surface area contributed by atoms with Gasteiger partial charge in [0.15, 0.2) is 5.79 Å². The molecule has 10 nitrogen and oxygen atoms in total. The van der Waals surface area contributed by atoms with Crippen molar-refractivity contribution < 1.29 is 19.0 Å². The van der Waals surface area contributed by atoms with E-state index >= 15 is 0 Å². The number of aryl methyl sites for hydroxylation is 2. The molecule has 5 aromatic rings. The van der Waals surface area contributed by atoms with Crippen LogP contribution in [-0.2, 0) is 22.4 Å². The standard InChI is InChI=1S/C30H32N6O4/c1-5-23-28-24(10-7-11-25(28)36(34-23)16-20-9-6-8-19(2)32-20)33-29(37)26-15-31-27-14-21(12-13-35(26)27)38-17-22-18-39-30(3,4)40-22/h6-15,22H,5,16-18H2,1-4H3,(H,33,37). The number of hydrogen-bond acceptors (Lipinski definition) is 7. The Morgan fingerprint density at radius 2 is 2.05 bits per heavy atom. The average Bonchev–Trinajstić information content (AvgIpc) is 3.62. The summed E-state index contributed by atoms with van der Waals surface area (Å²) in [6.45, 7) is 9.20. The Hall–Kier alpha value is -4.28. The maximum absolute atomic E-state index is 13.4. The van der Waals surface area contributed by atoms with Crippen LogP contribution in [0.1, 0.15) is 48.3 Å². The number of imidazole rings is 1. The van der Waals surface area contributed by atoms with Crippen LogP contribution in [0.5, 0.6) is 5.75 Å². The van der Waals surface area contributed by atoms with E-state index in [-0.39, 0.29) is 12.0 Å². The van der Waals surface area contributed by atoms with Gasteiger partial charge in [-0.25, -0.2) is 4.98 Å². The summed E-state index contributed by atoms with van der Waals surface area (Å²) in [7, 11) is 0. The minimum absolute atomic E-state index is 0.138. The molecule has 4 aromatic heterocycles. The van der Waals surface area contributed by atoms with Crippen LogP contribution in [0.15, 0.2) is 60.9 Å². The summed E-state index contributed by atoms with van der Waals surface area (Å²) in [6.07, 6.45) is 3.94. The van der Waals surface area contributed by atoms with E-state index in [0.29, 0.717) is 42.5 Å². The highest BCUT2D eigenvalue weighted by Crippen LogP contribution is 2.29. The molecule has 10 heteroatoms. The van der Waals surface area contributed by atoms with Crippen LogP contribution in [0, 0.1) is 6.92 Å². The Balaban J connectivity index is 1.22. The van der Waals surface area contributed by atoms with Crippen molar-refractivity contribution in [2.24, 2.45) is 0 Å². The van der Waals surface area contributed by atoms with Gasteiger partial charge in [-0.2, -0.15) is 5.10 Å². The molecule has 1 unspecified atom stereocenters. The number of ether oxygens (including phenoxy) is 3. The molecule has 0 aliphatic carbocycles. The number of pyridine rings is 2. The molecule has 40 heavy (non-hydrogen) atoms. The highest BCUT2D eigenvalue weighted by molar-refractivity contribution is 6.08. The van der Waals surface area contributed by atoms with Gasteiger partial charge in [0, 0.05) is 23.3 Å². The van der Waals surface area contributed by atoms with Gasteiger partial charge in [0.1, 0.15) is 29.8 Å². The molecular weight excluding hydrogens is 508 g/mol. The second-order valence-corrected chi connectivity index (χ2v) is 10.4. The number of aromatic nitrogens is 5. The largest absolute Gasteiger partial charge is 0.491 e. The fraction of sp³-hybridized carbons (Fsp3) is 0.333. The lowest BCUT2D eigenvalue weighted by atomic mass is 10.1. The Bertz CT molecular complexity index is 1710. The molecule has 6 rings (SSSR count). The molecule has 1 saturated heterocycles. The summed E-state index contributed by atoms with van der Waals surface area (Å²) in [4.78, 5) is 22.5. The van der Waals surface area contributed by atoms with Gasteiger partial charge >= 0.3 is 0 Å². The van der Waals surface area contributed by atoms with Gasteiger partial charge in [-0.3, -0.25) is 18.9 Å². The third kappa shape index (κ3) is 5.15. The van der Waals surface area contributed by atoms with E-state index < -0.39 is 5.79 Å². The predicted molar refractivity (Wildman–Crippen MR) is 151 cm³/mol. The van der Waals surface area contributed by atoms with Crippen LogP contribution in [0.3, 0.4) is 0 Å². The Morgan fingerprint density at radius 1 is 1.20 bits per heavy atom. The third-order valence-corrected chi connectivity index (χ3v) is 6.91. The first-order chi connectivity index (χ1) is 19.3. The molecule has 1 aliphatic heterocycles. The summed E-state index contributed by atoms with van der Waals surface area (Å²) in [5.41, 5.74) is 5.49. The Labute approximate surface area is 231 Å². The monoisotopic (exact) mass is 540 g/mol. The van der Waals surface area contributed by atoms with Crippen LogP contribution in [0.2, 0.25) is 0 Å². The molecule has 1 fully saturated rings. The van der Waals surface area contributed by atoms with Crippen molar-refractivity contribution in [2.45, 2.75) is 52.6 Å². The molecule has 206 valence electrons. The summed E-state index contributed by atoms with van der Waals surface area (Å²) in [6, 6.07) is 15.4. The Morgan fingerprint density at radius 3 is 2.83 bits per heavy atom. The molecule has 0 bridgehead atoms. The second-order valence-electron chi connectivity index (χ2n) is 10.4. The van der Waals surface area contributed by atoms with Gasteiger partial charge in [0.2, 0.25) is 0 Å². The van der Waals surface area contributed by atoms with Gasteiger partial charge in [-0.15, -0.1) is 0 Å². The van der Waals surface area contributed by atoms with Gasteiger partial charge in [-0.05, 0) is 57.5 Å². The predicted octanol–water partition coefficient (Wildman–Crippen LogP) is 4.78. The molecule has 1 aliphatic rings. The minimum Gasteiger partial charge on any atom is -0.491 e. The number of amides is 1. The highest BCUT2D eigenvalue weighted by atomic mass is 16.7. The van der Waals surface area contributed by atoms with Crippen molar-refractivity contribution in [3.05, 3.63) is 83.7 Å². The van der Waals surface area contributed by atoms with Crippen molar-refractivity contribution in [1.82, 2.24) is 24.1 Å². The van der Waals surface area contributed by atoms with Crippen LogP contribution in [0.4, 0.5) is 5.69 Å². The smallest absolute Gasteiger partial charge is 0.274 e. The molecule has 1 amide bonds. The number of benzene rings is 1. The van der Waals surface area contributed by atoms with Crippen LogP contribution < -0.4 is 10.1 Å². The fourth-order valence-corrected chi connectivity index (χ4v) is 5.06. The number of nitrogens with one attached hydrogen (secondary N) is 1. The normalized spacial score (nSPS) is 16.6. The number of anilines is 1. The molecule has 1 atom stereocenters. The van der Waals surface area contributed by atoms with E-state index in [9.17, 15) is 4.79 Å². The summed E-state index contributed by atoms with van der Waals surface area (Å²) in [5.74, 6) is -0.212. The van der Waals surface area contributed by atoms with E-state index in [1.807, 2.05) is 67.9 Å². The quantitative estimate of drug-likeness (QED) is 0.302. The fourth-order valence-electron chi connectivity index (χ4n) is 5.06. The Kier molecular flexibility index (Phi) is 6.73. The topological polar surface area (TPSA) is 105 Å². The van der Waals surface area contributed by atoms with Crippen molar-refractivity contribution in [3.63, 3.8) is 0 Å². The van der Waals surface area contributed by atoms with E-state index in [0.717, 1.165) is 34.4 Å². The first kappa shape index (κ1) is 26.0. The van der Waals surface area contributed by atoms with Crippen molar-refractivity contribution in [3.8, 4) is 5.75 Å². The molecule has 0 saturated carbocycles. The number of fused-ring (bicyclic) bond motifs is 2. The second kappa shape index (κ2) is 10.4. The van der Waals surface area contributed by atoms with Gasteiger partial charge in [-0.1, -0.05) is 19.1 Å². The van der Waals surface area contributed by atoms with Crippen LogP contribution >= 0.6 is 0 Å².